The summed E-state index contributed by atoms with van der Waals surface area (Å²) >= 11 is 3.54. The van der Waals surface area contributed by atoms with Gasteiger partial charge in [0.1, 0.15) is 34.8 Å². The van der Waals surface area contributed by atoms with Gasteiger partial charge in [0.15, 0.2) is 5.16 Å². The van der Waals surface area contributed by atoms with Crippen LogP contribution < -0.4 is 30.2 Å². The highest BCUT2D eigenvalue weighted by Gasteiger charge is 2.44. The Morgan fingerprint density at radius 1 is 0.598 bits per heavy atom. The standard InChI is InChI=1S/C63H63N19O10S5/c1-7-77(8-2)37-18-24-46(73-75-62-68-53(79-26-14-12-15-27-79)50(94-62)32-39(36-64)81-55(83)42-22-20-40(96(87,88)89)33-44(42)57(81)85)48(30-37)66-59-70-60(72-61(71-59)93-11-5)67-49-31-38(78(9-3)10-4)19-25-47(49)74-76-63-69-54(80-28-16-13-17-29-80)51(95-63)35-52(65-6)82-56(84)43-23-21-41(97(90,91)92)34-45(43)58(82)86/h18-25,30-35H,7-17,26-29H2,1-5H3,(H,87,88,89)(H,90,91,92)(H2,66,67,70,71,72)/b39-32+,52-35+,75-73?,76-74?. The van der Waals surface area contributed by atoms with E-state index < -0.39 is 53.7 Å². The Morgan fingerprint density at radius 2 is 1.03 bits per heavy atom. The zero-order chi connectivity index (χ0) is 68.9. The number of amides is 4. The molecule has 0 saturated carbocycles. The van der Waals surface area contributed by atoms with Gasteiger partial charge in [-0.2, -0.15) is 51.9 Å². The molecule has 0 radical (unpaired) electrons. The molecular weight excluding hydrogens is 1340 g/mol. The van der Waals surface area contributed by atoms with Gasteiger partial charge in [0.2, 0.25) is 28.0 Å². The third-order valence-corrected chi connectivity index (χ3v) is 20.4. The van der Waals surface area contributed by atoms with Crippen molar-refractivity contribution >= 4 is 158 Å². The second kappa shape index (κ2) is 29.2. The first kappa shape index (κ1) is 68.4. The van der Waals surface area contributed by atoms with Crippen molar-refractivity contribution in [3.8, 4) is 6.07 Å². The lowest BCUT2D eigenvalue weighted by atomic mass is 10.1. The quantitative estimate of drug-likeness (QED) is 0.0109. The Balaban J connectivity index is 0.922. The Kier molecular flexibility index (Phi) is 20.6. The molecule has 0 unspecified atom stereocenters. The van der Waals surface area contributed by atoms with Gasteiger partial charge < -0.3 is 35.1 Å². The molecule has 4 N–H and O–H groups in total. The van der Waals surface area contributed by atoms with Gasteiger partial charge in [-0.1, -0.05) is 47.9 Å². The number of carbonyl (C=O) groups excluding carboxylic acids is 4. The van der Waals surface area contributed by atoms with Crippen LogP contribution >= 0.6 is 34.4 Å². The van der Waals surface area contributed by atoms with Gasteiger partial charge in [-0.15, -0.1) is 20.5 Å². The molecule has 29 nitrogen and oxygen atoms in total. The highest BCUT2D eigenvalue weighted by Crippen LogP contribution is 2.43. The van der Waals surface area contributed by atoms with Crippen LogP contribution in [0, 0.1) is 17.9 Å². The van der Waals surface area contributed by atoms with E-state index in [0.29, 0.717) is 117 Å². The number of thioether (sulfide) groups is 1. The topological polar surface area (TPSA) is 363 Å². The Bertz CT molecular complexity index is 4460. The molecule has 7 heterocycles. The number of carbonyl (C=O) groups is 4. The molecule has 97 heavy (non-hydrogen) atoms. The van der Waals surface area contributed by atoms with Crippen molar-refractivity contribution in [1.82, 2.24) is 34.7 Å². The Morgan fingerprint density at radius 3 is 1.45 bits per heavy atom. The molecule has 4 aliphatic heterocycles. The summed E-state index contributed by atoms with van der Waals surface area (Å²) in [6.45, 7) is 23.5. The van der Waals surface area contributed by atoms with E-state index in [1.807, 2.05) is 74.8 Å². The van der Waals surface area contributed by atoms with Gasteiger partial charge >= 0.3 is 11.8 Å². The van der Waals surface area contributed by atoms with Crippen LogP contribution in [0.4, 0.5) is 67.9 Å². The Hall–Kier alpha value is -9.94. The lowest BCUT2D eigenvalue weighted by molar-refractivity contribution is 0.0695. The van der Waals surface area contributed by atoms with Crippen molar-refractivity contribution in [2.75, 3.05) is 88.3 Å². The maximum Gasteiger partial charge on any atom is 0.334 e. The van der Waals surface area contributed by atoms with Crippen LogP contribution in [0.15, 0.2) is 120 Å². The number of aromatic nitrogens is 5. The zero-order valence-electron chi connectivity index (χ0n) is 53.0. The van der Waals surface area contributed by atoms with E-state index in [2.05, 4.69) is 35.5 Å². The molecule has 2 saturated heterocycles. The Labute approximate surface area is 570 Å². The summed E-state index contributed by atoms with van der Waals surface area (Å²) < 4.78 is 67.2. The molecule has 11 rings (SSSR count). The van der Waals surface area contributed by atoms with Crippen LogP contribution in [-0.2, 0) is 20.2 Å². The summed E-state index contributed by atoms with van der Waals surface area (Å²) in [5, 5.41) is 36.8. The van der Waals surface area contributed by atoms with Crippen LogP contribution in [0.2, 0.25) is 0 Å². The number of hydrogen-bond acceptors (Lipinski definition) is 27. The van der Waals surface area contributed by atoms with Gasteiger partial charge in [0, 0.05) is 63.7 Å². The SMILES string of the molecule is [C-]#[N+]/C(=C\c1sc(N=Nc2ccc(N(CC)CC)cc2Nc2nc(Nc3cc(N(CC)CC)ccc3N=Nc3nc(N4CCCCC4)c(/C=C(\C#N)N4C(=O)c5ccc(S(=O)(=O)O)cc5C4=O)s3)nc(SCC)n2)nc1N1CCCCC1)N1C(=O)c2ccc(S(=O)(=O)O)cc2C1=O. The van der Waals surface area contributed by atoms with E-state index in [0.717, 1.165) is 109 Å². The molecule has 0 bridgehead atoms. The smallest absolute Gasteiger partial charge is 0.334 e. The first-order valence-corrected chi connectivity index (χ1v) is 36.4. The molecule has 4 aliphatic rings. The number of azo groups is 2. The third-order valence-electron chi connectivity index (χ3n) is 16.2. The first-order chi connectivity index (χ1) is 46.6. The van der Waals surface area contributed by atoms with Crippen molar-refractivity contribution in [3.63, 3.8) is 0 Å². The number of anilines is 8. The van der Waals surface area contributed by atoms with Crippen molar-refractivity contribution in [1.29, 1.82) is 5.26 Å². The van der Waals surface area contributed by atoms with E-state index in [1.165, 1.54) is 23.9 Å². The maximum absolute atomic E-state index is 13.8. The molecule has 3 aromatic heterocycles. The highest BCUT2D eigenvalue weighted by molar-refractivity contribution is 7.99. The number of piperidine rings is 2. The summed E-state index contributed by atoms with van der Waals surface area (Å²) in [6.07, 6.45) is 8.20. The highest BCUT2D eigenvalue weighted by atomic mass is 32.2. The monoisotopic (exact) mass is 1410 g/mol. The van der Waals surface area contributed by atoms with Crippen LogP contribution in [0.3, 0.4) is 0 Å². The van der Waals surface area contributed by atoms with E-state index >= 15 is 0 Å². The molecule has 500 valence electrons. The summed E-state index contributed by atoms with van der Waals surface area (Å²) in [5.74, 6) is -2.12. The van der Waals surface area contributed by atoms with Crippen LogP contribution in [0.1, 0.15) is 124 Å². The molecule has 0 atom stereocenters. The zero-order valence-corrected chi connectivity index (χ0v) is 57.1. The third kappa shape index (κ3) is 14.7. The second-order valence-corrected chi connectivity index (χ2v) is 28.2. The summed E-state index contributed by atoms with van der Waals surface area (Å²) in [6, 6.07) is 19.3. The molecule has 0 spiro atoms. The minimum atomic E-state index is -4.72. The number of imide groups is 2. The summed E-state index contributed by atoms with van der Waals surface area (Å²) in [4.78, 5) is 92.2. The number of nitrogens with one attached hydrogen (secondary N) is 2. The minimum Gasteiger partial charge on any atom is -0.372 e. The number of nitriles is 1. The largest absolute Gasteiger partial charge is 0.372 e. The minimum absolute atomic E-state index is 0.131. The fourth-order valence-corrected chi connectivity index (χ4v) is 14.6. The van der Waals surface area contributed by atoms with E-state index in [1.54, 1.807) is 12.1 Å². The molecule has 2 fully saturated rings. The lowest BCUT2D eigenvalue weighted by Gasteiger charge is -2.27. The van der Waals surface area contributed by atoms with Crippen molar-refractivity contribution < 1.29 is 45.1 Å². The van der Waals surface area contributed by atoms with E-state index in [9.17, 15) is 50.4 Å². The number of nitrogens with zero attached hydrogens (tertiary/aromatic N) is 17. The number of hydrogen-bond donors (Lipinski definition) is 4. The predicted octanol–water partition coefficient (Wildman–Crippen LogP) is 13.1. The number of fused-ring (bicyclic) bond motifs is 2. The van der Waals surface area contributed by atoms with Gasteiger partial charge in [0.25, 0.3) is 32.1 Å². The second-order valence-electron chi connectivity index (χ2n) is 22.1. The molecule has 0 aliphatic carbocycles. The number of rotatable bonds is 24. The summed E-state index contributed by atoms with van der Waals surface area (Å²) in [5.41, 5.74) is 2.17. The molecule has 34 heteroatoms. The molecule has 4 aromatic carbocycles. The van der Waals surface area contributed by atoms with Crippen LogP contribution in [0.25, 0.3) is 17.0 Å². The number of thiazole rings is 2. The van der Waals surface area contributed by atoms with Crippen LogP contribution in [-0.4, -0.2) is 142 Å². The van der Waals surface area contributed by atoms with Crippen molar-refractivity contribution in [2.45, 2.75) is 88.1 Å². The average Bonchev–Trinajstić information content (AvgIpc) is 1.60. The predicted molar refractivity (Wildman–Crippen MR) is 369 cm³/mol. The molecule has 4 amide bonds. The van der Waals surface area contributed by atoms with E-state index in [-0.39, 0.29) is 55.9 Å². The van der Waals surface area contributed by atoms with Gasteiger partial charge in [0.05, 0.1) is 53.2 Å². The number of allylic oxidation sites excluding steroid dienone is 1. The fraction of sp³-hybridized carbons (Fsp3) is 0.317. The first-order valence-electron chi connectivity index (χ1n) is 30.9. The summed E-state index contributed by atoms with van der Waals surface area (Å²) in [7, 11) is -9.44. The number of benzene rings is 4. The average molecular weight is 1410 g/mol. The fourth-order valence-electron chi connectivity index (χ4n) is 11.4. The normalized spacial score (nSPS) is 15.4. The lowest BCUT2D eigenvalue weighted by Crippen LogP contribution is -2.30. The van der Waals surface area contributed by atoms with Crippen molar-refractivity contribution in [3.05, 3.63) is 128 Å². The van der Waals surface area contributed by atoms with Gasteiger partial charge in [-0.3, -0.25) is 18.7 Å². The van der Waals surface area contributed by atoms with Gasteiger partial charge in [-0.25, -0.2) is 14.5 Å². The van der Waals surface area contributed by atoms with Crippen molar-refractivity contribution in [2.24, 2.45) is 20.5 Å². The maximum atomic E-state index is 13.8. The van der Waals surface area contributed by atoms with Gasteiger partial charge in [-0.05, 0) is 157 Å². The molecular formula is C63H63N19O10S5. The van der Waals surface area contributed by atoms with E-state index in [4.69, 9.17) is 41.7 Å². The van der Waals surface area contributed by atoms with Crippen LogP contribution in [0.5, 0.6) is 0 Å². The molecule has 7 aromatic rings.